The second kappa shape index (κ2) is 13.7. The minimum atomic E-state index is -0.0453. The first-order chi connectivity index (χ1) is 28.9. The number of hydrogen-bond acceptors (Lipinski definition) is 4. The molecule has 0 unspecified atom stereocenters. The van der Waals surface area contributed by atoms with Crippen molar-refractivity contribution in [2.45, 2.75) is 0 Å². The lowest BCUT2D eigenvalue weighted by Gasteiger charge is -2.15. The summed E-state index contributed by atoms with van der Waals surface area (Å²) in [7, 11) is 3.62. The lowest BCUT2D eigenvalue weighted by molar-refractivity contribution is 0.669. The standard InChI is InChI=1S/C53H36N4O2/c1-56-48-24-22-37(31-49(48)57(2)53(56)58)35-16-10-17-38(26-35)46-32-47(55-52(54-46)34-13-4-3-5-14-34)41-28-39(27-40(29-41)43-20-11-15-33-12-6-7-18-42(33)43)36-23-25-51-45(30-36)44-19-8-9-21-50(44)59-51/h3-32H,1-2H3. The molecule has 11 rings (SSSR count). The van der Waals surface area contributed by atoms with Gasteiger partial charge in [0.15, 0.2) is 5.82 Å². The summed E-state index contributed by atoms with van der Waals surface area (Å²) in [5.74, 6) is 0.646. The van der Waals surface area contributed by atoms with Crippen molar-refractivity contribution >= 4 is 43.7 Å². The molecule has 3 heterocycles. The third-order valence-electron chi connectivity index (χ3n) is 11.6. The van der Waals surface area contributed by atoms with Crippen LogP contribution in [0.15, 0.2) is 191 Å². The van der Waals surface area contributed by atoms with Crippen molar-refractivity contribution in [3.05, 3.63) is 192 Å². The van der Waals surface area contributed by atoms with Gasteiger partial charge < -0.3 is 4.42 Å². The van der Waals surface area contributed by atoms with Crippen molar-refractivity contribution in [2.75, 3.05) is 0 Å². The van der Waals surface area contributed by atoms with E-state index >= 15 is 0 Å². The van der Waals surface area contributed by atoms with E-state index in [1.807, 2.05) is 50.5 Å². The van der Waals surface area contributed by atoms with Gasteiger partial charge in [-0.2, -0.15) is 0 Å². The van der Waals surface area contributed by atoms with Gasteiger partial charge in [0.2, 0.25) is 0 Å². The minimum absolute atomic E-state index is 0.0453. The molecule has 0 aliphatic heterocycles. The van der Waals surface area contributed by atoms with E-state index in [-0.39, 0.29) is 5.69 Å². The average Bonchev–Trinajstić information content (AvgIpc) is 3.78. The summed E-state index contributed by atoms with van der Waals surface area (Å²) >= 11 is 0. The highest BCUT2D eigenvalue weighted by Crippen LogP contribution is 2.39. The number of para-hydroxylation sites is 1. The SMILES string of the molecule is Cn1c(=O)n(C)c2cc(-c3cccc(-c4cc(-c5cc(-c6ccc7oc8ccccc8c7c6)cc(-c6cccc7ccccc67)c5)nc(-c5ccccc5)n4)c3)ccc21. The van der Waals surface area contributed by atoms with Crippen LogP contribution in [0.2, 0.25) is 0 Å². The van der Waals surface area contributed by atoms with E-state index in [2.05, 4.69) is 146 Å². The summed E-state index contributed by atoms with van der Waals surface area (Å²) < 4.78 is 9.60. The average molecular weight is 761 g/mol. The van der Waals surface area contributed by atoms with Crippen molar-refractivity contribution in [3.8, 4) is 67.3 Å². The molecule has 0 atom stereocenters. The van der Waals surface area contributed by atoms with Gasteiger partial charge in [-0.25, -0.2) is 14.8 Å². The smallest absolute Gasteiger partial charge is 0.328 e. The Kier molecular flexibility index (Phi) is 7.98. The largest absolute Gasteiger partial charge is 0.456 e. The summed E-state index contributed by atoms with van der Waals surface area (Å²) in [5, 5.41) is 4.55. The van der Waals surface area contributed by atoms with Gasteiger partial charge in [-0.15, -0.1) is 0 Å². The van der Waals surface area contributed by atoms with E-state index in [9.17, 15) is 4.79 Å². The van der Waals surface area contributed by atoms with Gasteiger partial charge in [0.1, 0.15) is 11.2 Å². The quantitative estimate of drug-likeness (QED) is 0.169. The van der Waals surface area contributed by atoms with Crippen LogP contribution in [-0.4, -0.2) is 19.1 Å². The van der Waals surface area contributed by atoms with Crippen LogP contribution in [0.25, 0.3) is 111 Å². The number of aryl methyl sites for hydroxylation is 2. The summed E-state index contributed by atoms with van der Waals surface area (Å²) in [5.41, 5.74) is 14.5. The van der Waals surface area contributed by atoms with Crippen molar-refractivity contribution in [3.63, 3.8) is 0 Å². The molecular formula is C53H36N4O2. The Bertz CT molecular complexity index is 3500. The van der Waals surface area contributed by atoms with Crippen molar-refractivity contribution < 1.29 is 4.42 Å². The van der Waals surface area contributed by atoms with Crippen LogP contribution >= 0.6 is 0 Å². The molecule has 0 saturated carbocycles. The zero-order valence-corrected chi connectivity index (χ0v) is 32.4. The Hall–Kier alpha value is -7.83. The number of imidazole rings is 1. The molecule has 0 amide bonds. The summed E-state index contributed by atoms with van der Waals surface area (Å²) in [6.45, 7) is 0. The lowest BCUT2D eigenvalue weighted by atomic mass is 9.91. The number of hydrogen-bond donors (Lipinski definition) is 0. The Labute approximate surface area is 339 Å². The maximum atomic E-state index is 12.7. The minimum Gasteiger partial charge on any atom is -0.456 e. The fourth-order valence-corrected chi connectivity index (χ4v) is 8.48. The molecule has 8 aromatic carbocycles. The molecule has 11 aromatic rings. The predicted octanol–water partition coefficient (Wildman–Crippen LogP) is 12.7. The molecule has 0 aliphatic rings. The molecule has 0 spiro atoms. The number of fused-ring (bicyclic) bond motifs is 5. The highest BCUT2D eigenvalue weighted by atomic mass is 16.3. The number of aromatic nitrogens is 4. The van der Waals surface area contributed by atoms with Crippen LogP contribution in [0.5, 0.6) is 0 Å². The van der Waals surface area contributed by atoms with Crippen molar-refractivity contribution in [1.29, 1.82) is 0 Å². The van der Waals surface area contributed by atoms with Crippen LogP contribution in [0.3, 0.4) is 0 Å². The molecule has 0 N–H and O–H groups in total. The lowest BCUT2D eigenvalue weighted by Crippen LogP contribution is -2.19. The Morgan fingerprint density at radius 3 is 1.88 bits per heavy atom. The van der Waals surface area contributed by atoms with Gasteiger partial charge in [-0.3, -0.25) is 9.13 Å². The molecule has 3 aromatic heterocycles. The fraction of sp³-hybridized carbons (Fsp3) is 0.0377. The normalized spacial score (nSPS) is 11.6. The van der Waals surface area contributed by atoms with Gasteiger partial charge in [0.25, 0.3) is 0 Å². The van der Waals surface area contributed by atoms with E-state index in [1.54, 1.807) is 9.13 Å². The number of furan rings is 1. The summed E-state index contributed by atoms with van der Waals surface area (Å²) in [6.07, 6.45) is 0. The molecule has 59 heavy (non-hydrogen) atoms. The van der Waals surface area contributed by atoms with Gasteiger partial charge >= 0.3 is 5.69 Å². The zero-order chi connectivity index (χ0) is 39.6. The molecule has 0 aliphatic carbocycles. The summed E-state index contributed by atoms with van der Waals surface area (Å²) in [6, 6.07) is 63.4. The first-order valence-electron chi connectivity index (χ1n) is 19.7. The highest BCUT2D eigenvalue weighted by molar-refractivity contribution is 6.06. The third kappa shape index (κ3) is 5.92. The molecule has 0 saturated heterocycles. The van der Waals surface area contributed by atoms with Crippen molar-refractivity contribution in [2.24, 2.45) is 14.1 Å². The van der Waals surface area contributed by atoms with Gasteiger partial charge in [-0.1, -0.05) is 121 Å². The third-order valence-corrected chi connectivity index (χ3v) is 11.6. The molecule has 280 valence electrons. The van der Waals surface area contributed by atoms with Crippen molar-refractivity contribution in [1.82, 2.24) is 19.1 Å². The molecule has 0 radical (unpaired) electrons. The first kappa shape index (κ1) is 34.4. The molecule has 0 bridgehead atoms. The Balaban J connectivity index is 1.11. The molecule has 6 nitrogen and oxygen atoms in total. The maximum absolute atomic E-state index is 12.7. The van der Waals surface area contributed by atoms with E-state index in [1.165, 1.54) is 10.8 Å². The number of benzene rings is 8. The second-order valence-electron chi connectivity index (χ2n) is 15.1. The van der Waals surface area contributed by atoms with Crippen LogP contribution < -0.4 is 5.69 Å². The Morgan fingerprint density at radius 1 is 0.407 bits per heavy atom. The van der Waals surface area contributed by atoms with Gasteiger partial charge in [0.05, 0.1) is 22.4 Å². The molecule has 6 heteroatoms. The first-order valence-corrected chi connectivity index (χ1v) is 19.7. The monoisotopic (exact) mass is 760 g/mol. The van der Waals surface area contributed by atoms with E-state index in [0.717, 1.165) is 94.4 Å². The van der Waals surface area contributed by atoms with Crippen LogP contribution in [-0.2, 0) is 14.1 Å². The summed E-state index contributed by atoms with van der Waals surface area (Å²) in [4.78, 5) is 23.2. The van der Waals surface area contributed by atoms with E-state index < -0.39 is 0 Å². The number of rotatable bonds is 6. The molecule has 0 fully saturated rings. The maximum Gasteiger partial charge on any atom is 0.328 e. The number of nitrogens with zero attached hydrogens (tertiary/aromatic N) is 4. The van der Waals surface area contributed by atoms with E-state index in [4.69, 9.17) is 14.4 Å². The highest BCUT2D eigenvalue weighted by Gasteiger charge is 2.17. The fourth-order valence-electron chi connectivity index (χ4n) is 8.48. The Morgan fingerprint density at radius 2 is 1.00 bits per heavy atom. The zero-order valence-electron chi connectivity index (χ0n) is 32.4. The predicted molar refractivity (Wildman–Crippen MR) is 241 cm³/mol. The van der Waals surface area contributed by atoms with Gasteiger partial charge in [-0.05, 0) is 105 Å². The second-order valence-corrected chi connectivity index (χ2v) is 15.1. The molecular weight excluding hydrogens is 725 g/mol. The van der Waals surface area contributed by atoms with Gasteiger partial charge in [0, 0.05) is 41.6 Å². The van der Waals surface area contributed by atoms with Crippen LogP contribution in [0.4, 0.5) is 0 Å². The topological polar surface area (TPSA) is 65.8 Å². The van der Waals surface area contributed by atoms with Crippen LogP contribution in [0, 0.1) is 0 Å². The van der Waals surface area contributed by atoms with Crippen LogP contribution in [0.1, 0.15) is 0 Å². The van der Waals surface area contributed by atoms with E-state index in [0.29, 0.717) is 5.82 Å².